The summed E-state index contributed by atoms with van der Waals surface area (Å²) in [4.78, 5) is 11.9. The highest BCUT2D eigenvalue weighted by molar-refractivity contribution is 5.94. The van der Waals surface area contributed by atoms with Crippen LogP contribution >= 0.6 is 0 Å². The Kier molecular flexibility index (Phi) is 2.41. The monoisotopic (exact) mass is 248 g/mol. The van der Waals surface area contributed by atoms with Gasteiger partial charge in [0.15, 0.2) is 5.78 Å². The molecule has 0 radical (unpaired) electrons. The Hall–Kier alpha value is -1.12. The normalized spacial score (nSPS) is 22.9. The Labute approximate surface area is 110 Å². The summed E-state index contributed by atoms with van der Waals surface area (Å²) in [5, 5.41) is 4.41. The van der Waals surface area contributed by atoms with Gasteiger partial charge in [-0.15, -0.1) is 0 Å². The molecular weight excluding hydrogens is 224 g/mol. The molecule has 0 saturated heterocycles. The molecule has 100 valence electrons. The molecule has 1 saturated carbocycles. The highest BCUT2D eigenvalue weighted by Crippen LogP contribution is 2.78. The summed E-state index contributed by atoms with van der Waals surface area (Å²) >= 11 is 0. The molecule has 3 nitrogen and oxygen atoms in total. The minimum Gasteiger partial charge on any atom is -0.293 e. The number of nitrogens with zero attached hydrogens (tertiary/aromatic N) is 2. The standard InChI is InChI=1S/C15H24N2O/c1-9-11(12(10(2)18)16-17(9)8)15(7)13(3,4)14(15,5)6/h1-8H3. The maximum Gasteiger partial charge on any atom is 0.180 e. The van der Waals surface area contributed by atoms with Crippen LogP contribution < -0.4 is 0 Å². The van der Waals surface area contributed by atoms with Gasteiger partial charge < -0.3 is 0 Å². The topological polar surface area (TPSA) is 34.9 Å². The molecule has 0 N–H and O–H groups in total. The second-order valence-electron chi connectivity index (χ2n) is 6.86. The highest BCUT2D eigenvalue weighted by Gasteiger charge is 2.76. The van der Waals surface area contributed by atoms with Crippen molar-refractivity contribution in [2.24, 2.45) is 17.9 Å². The second-order valence-corrected chi connectivity index (χ2v) is 6.86. The van der Waals surface area contributed by atoms with E-state index in [0.29, 0.717) is 5.69 Å². The molecule has 1 aromatic rings. The zero-order chi connectivity index (χ0) is 14.1. The lowest BCUT2D eigenvalue weighted by atomic mass is 9.85. The minimum atomic E-state index is 0.0132. The molecule has 0 bridgehead atoms. The van der Waals surface area contributed by atoms with Gasteiger partial charge in [0.05, 0.1) is 0 Å². The first-order chi connectivity index (χ1) is 8.00. The Morgan fingerprint density at radius 3 is 1.89 bits per heavy atom. The van der Waals surface area contributed by atoms with Crippen LogP contribution in [0.2, 0.25) is 0 Å². The van der Waals surface area contributed by atoms with Gasteiger partial charge in [0.25, 0.3) is 0 Å². The summed E-state index contributed by atoms with van der Waals surface area (Å²) in [5.74, 6) is 0.0634. The van der Waals surface area contributed by atoms with E-state index in [1.807, 2.05) is 11.7 Å². The molecule has 0 unspecified atom stereocenters. The molecule has 2 rings (SSSR count). The summed E-state index contributed by atoms with van der Waals surface area (Å²) < 4.78 is 1.84. The van der Waals surface area contributed by atoms with Crippen molar-refractivity contribution in [3.63, 3.8) is 0 Å². The van der Waals surface area contributed by atoms with Gasteiger partial charge in [-0.05, 0) is 17.8 Å². The third-order valence-electron chi connectivity index (χ3n) is 6.17. The predicted octanol–water partition coefficient (Wildman–Crippen LogP) is 3.25. The van der Waals surface area contributed by atoms with E-state index in [1.165, 1.54) is 0 Å². The lowest BCUT2D eigenvalue weighted by molar-refractivity contribution is 0.101. The second kappa shape index (κ2) is 3.25. The number of aryl methyl sites for hydroxylation is 1. The molecule has 1 aromatic heterocycles. The minimum absolute atomic E-state index is 0.0132. The van der Waals surface area contributed by atoms with Crippen LogP contribution in [0.4, 0.5) is 0 Å². The SMILES string of the molecule is CC(=O)c1nn(C)c(C)c1C1(C)C(C)(C)C1(C)C. The van der Waals surface area contributed by atoms with Crippen molar-refractivity contribution in [3.05, 3.63) is 17.0 Å². The molecule has 18 heavy (non-hydrogen) atoms. The van der Waals surface area contributed by atoms with Gasteiger partial charge >= 0.3 is 0 Å². The quantitative estimate of drug-likeness (QED) is 0.753. The van der Waals surface area contributed by atoms with Gasteiger partial charge in [-0.3, -0.25) is 9.48 Å². The summed E-state index contributed by atoms with van der Waals surface area (Å²) in [6.07, 6.45) is 0. The third kappa shape index (κ3) is 1.15. The largest absolute Gasteiger partial charge is 0.293 e. The van der Waals surface area contributed by atoms with Crippen molar-refractivity contribution in [2.75, 3.05) is 0 Å². The molecule has 1 aliphatic rings. The number of Topliss-reactive ketones (excluding diaryl/α,β-unsaturated/α-hetero) is 1. The third-order valence-corrected chi connectivity index (χ3v) is 6.17. The Bertz CT molecular complexity index is 521. The predicted molar refractivity (Wildman–Crippen MR) is 72.9 cm³/mol. The maximum absolute atomic E-state index is 11.9. The van der Waals surface area contributed by atoms with Crippen molar-refractivity contribution in [2.45, 2.75) is 53.9 Å². The zero-order valence-electron chi connectivity index (χ0n) is 12.8. The van der Waals surface area contributed by atoms with Crippen LogP contribution in [0, 0.1) is 17.8 Å². The fourth-order valence-corrected chi connectivity index (χ4v) is 3.67. The summed E-state index contributed by atoms with van der Waals surface area (Å²) in [7, 11) is 1.91. The van der Waals surface area contributed by atoms with Crippen molar-refractivity contribution in [3.8, 4) is 0 Å². The molecule has 0 aromatic carbocycles. The van der Waals surface area contributed by atoms with E-state index in [9.17, 15) is 4.79 Å². The van der Waals surface area contributed by atoms with Gasteiger partial charge in [0.1, 0.15) is 5.69 Å². The van der Waals surface area contributed by atoms with E-state index >= 15 is 0 Å². The molecule has 1 heterocycles. The summed E-state index contributed by atoms with van der Waals surface area (Å²) in [6.45, 7) is 15.1. The average Bonchev–Trinajstić information content (AvgIpc) is 2.50. The Morgan fingerprint density at radius 2 is 1.56 bits per heavy atom. The molecular formula is C15H24N2O. The number of aromatic nitrogens is 2. The van der Waals surface area contributed by atoms with E-state index in [2.05, 4.69) is 46.6 Å². The van der Waals surface area contributed by atoms with E-state index in [4.69, 9.17) is 0 Å². The van der Waals surface area contributed by atoms with Crippen LogP contribution in [0.15, 0.2) is 0 Å². The number of carbonyl (C=O) groups excluding carboxylic acids is 1. The highest BCUT2D eigenvalue weighted by atomic mass is 16.1. The number of ketones is 1. The van der Waals surface area contributed by atoms with Gasteiger partial charge in [0.2, 0.25) is 0 Å². The zero-order valence-corrected chi connectivity index (χ0v) is 12.8. The van der Waals surface area contributed by atoms with Crippen LogP contribution in [-0.2, 0) is 12.5 Å². The number of carbonyl (C=O) groups is 1. The number of hydrogen-bond acceptors (Lipinski definition) is 2. The number of hydrogen-bond donors (Lipinski definition) is 0. The van der Waals surface area contributed by atoms with Crippen LogP contribution in [0.1, 0.15) is 63.3 Å². The first kappa shape index (κ1) is 13.3. The molecule has 1 fully saturated rings. The van der Waals surface area contributed by atoms with Crippen molar-refractivity contribution >= 4 is 5.78 Å². The maximum atomic E-state index is 11.9. The van der Waals surface area contributed by atoms with Gasteiger partial charge in [-0.25, -0.2) is 0 Å². The Balaban J connectivity index is 2.72. The van der Waals surface area contributed by atoms with Crippen molar-refractivity contribution < 1.29 is 4.79 Å². The molecule has 1 aliphatic carbocycles. The summed E-state index contributed by atoms with van der Waals surface area (Å²) in [5.41, 5.74) is 3.28. The van der Waals surface area contributed by atoms with Gasteiger partial charge in [0, 0.05) is 30.6 Å². The first-order valence-corrected chi connectivity index (χ1v) is 6.55. The smallest absolute Gasteiger partial charge is 0.180 e. The lowest BCUT2D eigenvalue weighted by Gasteiger charge is -2.17. The van der Waals surface area contributed by atoms with E-state index in [-0.39, 0.29) is 22.0 Å². The number of rotatable bonds is 2. The lowest BCUT2D eigenvalue weighted by Crippen LogP contribution is -2.16. The molecule has 3 heteroatoms. The van der Waals surface area contributed by atoms with Crippen molar-refractivity contribution in [1.29, 1.82) is 0 Å². The molecule has 0 spiro atoms. The molecule has 0 amide bonds. The van der Waals surface area contributed by atoms with Gasteiger partial charge in [-0.1, -0.05) is 34.6 Å². The molecule has 0 atom stereocenters. The van der Waals surface area contributed by atoms with E-state index in [0.717, 1.165) is 11.3 Å². The van der Waals surface area contributed by atoms with Crippen molar-refractivity contribution in [1.82, 2.24) is 9.78 Å². The average molecular weight is 248 g/mol. The van der Waals surface area contributed by atoms with E-state index in [1.54, 1.807) is 6.92 Å². The molecule has 0 aliphatic heterocycles. The van der Waals surface area contributed by atoms with Crippen LogP contribution in [0.5, 0.6) is 0 Å². The fraction of sp³-hybridized carbons (Fsp3) is 0.733. The Morgan fingerprint density at radius 1 is 1.11 bits per heavy atom. The van der Waals surface area contributed by atoms with Crippen LogP contribution in [0.25, 0.3) is 0 Å². The fourth-order valence-electron chi connectivity index (χ4n) is 3.67. The van der Waals surface area contributed by atoms with Crippen LogP contribution in [-0.4, -0.2) is 15.6 Å². The first-order valence-electron chi connectivity index (χ1n) is 6.55. The van der Waals surface area contributed by atoms with Crippen LogP contribution in [0.3, 0.4) is 0 Å². The van der Waals surface area contributed by atoms with Gasteiger partial charge in [-0.2, -0.15) is 5.10 Å². The summed E-state index contributed by atoms with van der Waals surface area (Å²) in [6, 6.07) is 0. The van der Waals surface area contributed by atoms with E-state index < -0.39 is 0 Å².